The van der Waals surface area contributed by atoms with E-state index in [1.54, 1.807) is 0 Å². The standard InChI is InChI=1S/C31H36O2S/c1-3-5-22-32-29-17-12-25(13-18-29)10-11-27-8-7-9-28(24-27)31(34)21-16-26-14-19-30(20-15-26)33-23-6-4-2/h7-21,24,31,34H,3-6,22-23H2,1-2H3/b11-10+,21-16+. The van der Waals surface area contributed by atoms with Gasteiger partial charge in [0.15, 0.2) is 0 Å². The Morgan fingerprint density at radius 1 is 0.676 bits per heavy atom. The number of hydrogen-bond acceptors (Lipinski definition) is 3. The molecule has 0 bridgehead atoms. The lowest BCUT2D eigenvalue weighted by Crippen LogP contribution is -1.95. The molecule has 0 aliphatic carbocycles. The second kappa shape index (κ2) is 14.4. The Morgan fingerprint density at radius 2 is 1.21 bits per heavy atom. The lowest BCUT2D eigenvalue weighted by molar-refractivity contribution is 0.309. The van der Waals surface area contributed by atoms with Gasteiger partial charge in [-0.05, 0) is 59.4 Å². The van der Waals surface area contributed by atoms with E-state index in [1.165, 1.54) is 5.56 Å². The van der Waals surface area contributed by atoms with Crippen LogP contribution in [0.2, 0.25) is 0 Å². The first kappa shape index (κ1) is 25.7. The summed E-state index contributed by atoms with van der Waals surface area (Å²) in [4.78, 5) is 0. The van der Waals surface area contributed by atoms with Gasteiger partial charge < -0.3 is 9.47 Å². The molecule has 0 aromatic heterocycles. The molecule has 0 spiro atoms. The molecule has 2 nitrogen and oxygen atoms in total. The molecule has 0 aliphatic heterocycles. The van der Waals surface area contributed by atoms with E-state index in [4.69, 9.17) is 22.1 Å². The molecule has 178 valence electrons. The number of hydrogen-bond donors (Lipinski definition) is 1. The van der Waals surface area contributed by atoms with Crippen molar-refractivity contribution in [1.82, 2.24) is 0 Å². The zero-order valence-electron chi connectivity index (χ0n) is 20.3. The third-order valence-corrected chi connectivity index (χ3v) is 5.96. The van der Waals surface area contributed by atoms with Crippen molar-refractivity contribution in [2.24, 2.45) is 0 Å². The van der Waals surface area contributed by atoms with Crippen LogP contribution in [0.15, 0.2) is 78.9 Å². The molecule has 3 aromatic rings. The molecule has 0 amide bonds. The van der Waals surface area contributed by atoms with Gasteiger partial charge in [-0.25, -0.2) is 0 Å². The van der Waals surface area contributed by atoms with E-state index in [2.05, 4.69) is 86.7 Å². The Hall–Kier alpha value is -2.91. The second-order valence-corrected chi connectivity index (χ2v) is 8.91. The maximum Gasteiger partial charge on any atom is 0.119 e. The van der Waals surface area contributed by atoms with Crippen LogP contribution in [0, 0.1) is 0 Å². The van der Waals surface area contributed by atoms with Gasteiger partial charge in [-0.3, -0.25) is 0 Å². The molecule has 0 aliphatic rings. The van der Waals surface area contributed by atoms with Gasteiger partial charge in [-0.2, -0.15) is 12.6 Å². The van der Waals surface area contributed by atoms with E-state index in [0.717, 1.165) is 67.1 Å². The van der Waals surface area contributed by atoms with Crippen LogP contribution in [0.1, 0.15) is 67.0 Å². The summed E-state index contributed by atoms with van der Waals surface area (Å²) in [5, 5.41) is 0.0217. The van der Waals surface area contributed by atoms with Gasteiger partial charge in [0.05, 0.1) is 13.2 Å². The number of ether oxygens (including phenoxy) is 2. The monoisotopic (exact) mass is 472 g/mol. The normalized spacial score (nSPS) is 12.3. The van der Waals surface area contributed by atoms with Crippen LogP contribution in [0.5, 0.6) is 11.5 Å². The highest BCUT2D eigenvalue weighted by Crippen LogP contribution is 2.25. The Labute approximate surface area is 210 Å². The van der Waals surface area contributed by atoms with E-state index >= 15 is 0 Å². The fourth-order valence-corrected chi connectivity index (χ4v) is 3.62. The average Bonchev–Trinajstić information content (AvgIpc) is 2.88. The molecule has 0 saturated carbocycles. The molecule has 0 fully saturated rings. The number of thiol groups is 1. The van der Waals surface area contributed by atoms with Crippen LogP contribution in [0.25, 0.3) is 18.2 Å². The maximum absolute atomic E-state index is 5.74. The summed E-state index contributed by atoms with van der Waals surface area (Å²) in [6, 6.07) is 25.0. The van der Waals surface area contributed by atoms with Crippen LogP contribution in [-0.2, 0) is 0 Å². The highest BCUT2D eigenvalue weighted by molar-refractivity contribution is 7.80. The Kier molecular flexibility index (Phi) is 10.9. The first-order valence-electron chi connectivity index (χ1n) is 12.3. The van der Waals surface area contributed by atoms with Crippen LogP contribution >= 0.6 is 12.6 Å². The first-order valence-corrected chi connectivity index (χ1v) is 12.8. The SMILES string of the molecule is CCCCOc1ccc(/C=C/c2cccc(C(S)/C=C/c3ccc(OCCCC)cc3)c2)cc1. The predicted octanol–water partition coefficient (Wildman–Crippen LogP) is 8.90. The zero-order valence-corrected chi connectivity index (χ0v) is 21.2. The smallest absolute Gasteiger partial charge is 0.119 e. The summed E-state index contributed by atoms with van der Waals surface area (Å²) in [6.07, 6.45) is 12.9. The van der Waals surface area contributed by atoms with E-state index in [0.29, 0.717) is 0 Å². The highest BCUT2D eigenvalue weighted by atomic mass is 32.1. The lowest BCUT2D eigenvalue weighted by atomic mass is 10.1. The van der Waals surface area contributed by atoms with Gasteiger partial charge in [0.25, 0.3) is 0 Å². The van der Waals surface area contributed by atoms with Crippen LogP contribution in [0.3, 0.4) is 0 Å². The number of unbranched alkanes of at least 4 members (excludes halogenated alkanes) is 2. The summed E-state index contributed by atoms with van der Waals surface area (Å²) in [7, 11) is 0. The molecule has 0 heterocycles. The summed E-state index contributed by atoms with van der Waals surface area (Å²) < 4.78 is 11.5. The summed E-state index contributed by atoms with van der Waals surface area (Å²) in [5.74, 6) is 1.85. The average molecular weight is 473 g/mol. The molecule has 0 saturated heterocycles. The summed E-state index contributed by atoms with van der Waals surface area (Å²) in [5.41, 5.74) is 4.61. The minimum Gasteiger partial charge on any atom is -0.494 e. The molecule has 3 aromatic carbocycles. The van der Waals surface area contributed by atoms with Crippen molar-refractivity contribution >= 4 is 30.9 Å². The van der Waals surface area contributed by atoms with Crippen molar-refractivity contribution in [1.29, 1.82) is 0 Å². The molecule has 3 rings (SSSR count). The molecule has 0 N–H and O–H groups in total. The van der Waals surface area contributed by atoms with Crippen LogP contribution in [-0.4, -0.2) is 13.2 Å². The minimum absolute atomic E-state index is 0.0217. The largest absolute Gasteiger partial charge is 0.494 e. The fraction of sp³-hybridized carbons (Fsp3) is 0.290. The van der Waals surface area contributed by atoms with Gasteiger partial charge in [-0.15, -0.1) is 0 Å². The van der Waals surface area contributed by atoms with E-state index in [1.807, 2.05) is 24.3 Å². The van der Waals surface area contributed by atoms with Crippen molar-refractivity contribution in [3.63, 3.8) is 0 Å². The van der Waals surface area contributed by atoms with Gasteiger partial charge in [-0.1, -0.05) is 99.5 Å². The van der Waals surface area contributed by atoms with Crippen molar-refractivity contribution < 1.29 is 9.47 Å². The quantitative estimate of drug-likeness (QED) is 0.152. The zero-order chi connectivity index (χ0) is 24.0. The molecular formula is C31H36O2S. The minimum atomic E-state index is 0.0217. The summed E-state index contributed by atoms with van der Waals surface area (Å²) in [6.45, 7) is 5.88. The molecule has 0 radical (unpaired) electrons. The Morgan fingerprint density at radius 3 is 1.76 bits per heavy atom. The van der Waals surface area contributed by atoms with Gasteiger partial charge in [0.1, 0.15) is 11.5 Å². The first-order chi connectivity index (χ1) is 16.7. The fourth-order valence-electron chi connectivity index (χ4n) is 3.37. The topological polar surface area (TPSA) is 18.5 Å². The van der Waals surface area contributed by atoms with Crippen molar-refractivity contribution in [2.45, 2.75) is 44.8 Å². The predicted molar refractivity (Wildman–Crippen MR) is 150 cm³/mol. The second-order valence-electron chi connectivity index (χ2n) is 8.35. The highest BCUT2D eigenvalue weighted by Gasteiger charge is 2.03. The Balaban J connectivity index is 1.56. The third-order valence-electron chi connectivity index (χ3n) is 5.48. The number of benzene rings is 3. The maximum atomic E-state index is 5.74. The number of rotatable bonds is 13. The third kappa shape index (κ3) is 8.79. The van der Waals surface area contributed by atoms with Gasteiger partial charge in [0, 0.05) is 5.25 Å². The molecular weight excluding hydrogens is 436 g/mol. The van der Waals surface area contributed by atoms with Crippen molar-refractivity contribution in [2.75, 3.05) is 13.2 Å². The molecule has 1 unspecified atom stereocenters. The van der Waals surface area contributed by atoms with Crippen LogP contribution in [0.4, 0.5) is 0 Å². The lowest BCUT2D eigenvalue weighted by Gasteiger charge is -2.08. The molecule has 34 heavy (non-hydrogen) atoms. The molecule has 1 atom stereocenters. The van der Waals surface area contributed by atoms with Crippen molar-refractivity contribution in [3.05, 3.63) is 101 Å². The van der Waals surface area contributed by atoms with E-state index < -0.39 is 0 Å². The van der Waals surface area contributed by atoms with Gasteiger partial charge >= 0.3 is 0 Å². The molecule has 3 heteroatoms. The van der Waals surface area contributed by atoms with Crippen LogP contribution < -0.4 is 9.47 Å². The van der Waals surface area contributed by atoms with Gasteiger partial charge in [0.2, 0.25) is 0 Å². The Bertz CT molecular complexity index is 1040. The van der Waals surface area contributed by atoms with E-state index in [-0.39, 0.29) is 5.25 Å². The summed E-state index contributed by atoms with van der Waals surface area (Å²) >= 11 is 4.81. The van der Waals surface area contributed by atoms with E-state index in [9.17, 15) is 0 Å². The van der Waals surface area contributed by atoms with Crippen molar-refractivity contribution in [3.8, 4) is 11.5 Å².